The van der Waals surface area contributed by atoms with E-state index in [-0.39, 0.29) is 11.7 Å². The zero-order valence-corrected chi connectivity index (χ0v) is 11.2. The van der Waals surface area contributed by atoms with Gasteiger partial charge in [-0.1, -0.05) is 39.8 Å². The monoisotopic (exact) mass is 233 g/mol. The molecule has 0 aliphatic heterocycles. The Morgan fingerprint density at radius 2 is 1.71 bits per heavy atom. The van der Waals surface area contributed by atoms with E-state index >= 15 is 0 Å². The number of rotatable bonds is 2. The Kier molecular flexibility index (Phi) is 2.98. The first-order valence-electron chi connectivity index (χ1n) is 6.21. The predicted molar refractivity (Wildman–Crippen MR) is 71.1 cm³/mol. The van der Waals surface area contributed by atoms with Crippen molar-refractivity contribution in [3.05, 3.63) is 35.3 Å². The van der Waals surface area contributed by atoms with E-state index in [4.69, 9.17) is 0 Å². The molecule has 1 aromatic heterocycles. The molecule has 0 atom stereocenters. The van der Waals surface area contributed by atoms with E-state index in [9.17, 15) is 4.39 Å². The van der Waals surface area contributed by atoms with Gasteiger partial charge in [-0.05, 0) is 23.5 Å². The van der Waals surface area contributed by atoms with Gasteiger partial charge in [0.2, 0.25) is 0 Å². The number of aryl methyl sites for hydroxylation is 1. The van der Waals surface area contributed by atoms with Crippen molar-refractivity contribution in [1.82, 2.24) is 4.57 Å². The summed E-state index contributed by atoms with van der Waals surface area (Å²) in [7, 11) is 1.95. The predicted octanol–water partition coefficient (Wildman–Crippen LogP) is 4.56. The van der Waals surface area contributed by atoms with Crippen molar-refractivity contribution in [1.29, 1.82) is 0 Å². The second kappa shape index (κ2) is 4.17. The van der Waals surface area contributed by atoms with Crippen molar-refractivity contribution >= 4 is 10.9 Å². The highest BCUT2D eigenvalue weighted by Crippen LogP contribution is 2.30. The molecule has 0 bridgehead atoms. The lowest BCUT2D eigenvalue weighted by molar-refractivity contribution is 0.600. The standard InChI is InChI=1S/C15H20FN/c1-9(2)12-7-6-11-8-13(10(3)4)17(5)15(11)14(12)16/h6-10H,1-5H3. The molecule has 2 rings (SSSR count). The second-order valence-corrected chi connectivity index (χ2v) is 5.34. The molecule has 1 heterocycles. The van der Waals surface area contributed by atoms with E-state index in [0.717, 1.165) is 16.5 Å². The molecule has 1 nitrogen and oxygen atoms in total. The van der Waals surface area contributed by atoms with Crippen molar-refractivity contribution in [3.8, 4) is 0 Å². The second-order valence-electron chi connectivity index (χ2n) is 5.34. The van der Waals surface area contributed by atoms with Crippen LogP contribution in [0.1, 0.15) is 50.8 Å². The van der Waals surface area contributed by atoms with Crippen molar-refractivity contribution in [2.45, 2.75) is 39.5 Å². The van der Waals surface area contributed by atoms with Gasteiger partial charge in [0.05, 0.1) is 5.52 Å². The highest BCUT2D eigenvalue weighted by molar-refractivity contribution is 5.83. The molecule has 0 radical (unpaired) electrons. The van der Waals surface area contributed by atoms with Gasteiger partial charge in [0.25, 0.3) is 0 Å². The maximum absolute atomic E-state index is 14.4. The van der Waals surface area contributed by atoms with Crippen molar-refractivity contribution in [2.75, 3.05) is 0 Å². The highest BCUT2D eigenvalue weighted by atomic mass is 19.1. The summed E-state index contributed by atoms with van der Waals surface area (Å²) in [5.41, 5.74) is 2.72. The SMILES string of the molecule is CC(C)c1ccc2cc(C(C)C)n(C)c2c1F. The van der Waals surface area contributed by atoms with Crippen LogP contribution in [0.2, 0.25) is 0 Å². The van der Waals surface area contributed by atoms with Gasteiger partial charge < -0.3 is 4.57 Å². The van der Waals surface area contributed by atoms with Gasteiger partial charge in [0.15, 0.2) is 5.82 Å². The molecule has 92 valence electrons. The van der Waals surface area contributed by atoms with E-state index in [1.165, 1.54) is 5.69 Å². The molecule has 0 unspecified atom stereocenters. The number of fused-ring (bicyclic) bond motifs is 1. The Morgan fingerprint density at radius 1 is 1.06 bits per heavy atom. The Balaban J connectivity index is 2.77. The minimum atomic E-state index is -0.0631. The zero-order chi connectivity index (χ0) is 12.7. The summed E-state index contributed by atoms with van der Waals surface area (Å²) in [6, 6.07) is 6.03. The minimum absolute atomic E-state index is 0.0631. The van der Waals surface area contributed by atoms with Crippen molar-refractivity contribution < 1.29 is 4.39 Å². The molecule has 2 aromatic rings. The molecule has 0 aliphatic carbocycles. The van der Waals surface area contributed by atoms with E-state index in [1.54, 1.807) is 0 Å². The summed E-state index contributed by atoms with van der Waals surface area (Å²) >= 11 is 0. The van der Waals surface area contributed by atoms with Crippen LogP contribution in [-0.4, -0.2) is 4.57 Å². The third-order valence-corrected chi connectivity index (χ3v) is 3.42. The fraction of sp³-hybridized carbons (Fsp3) is 0.467. The first-order valence-corrected chi connectivity index (χ1v) is 6.21. The molecule has 0 aliphatic rings. The van der Waals surface area contributed by atoms with Crippen LogP contribution in [-0.2, 0) is 7.05 Å². The fourth-order valence-electron chi connectivity index (χ4n) is 2.44. The van der Waals surface area contributed by atoms with Gasteiger partial charge in [-0.2, -0.15) is 0 Å². The molecule has 0 fully saturated rings. The topological polar surface area (TPSA) is 4.93 Å². The first-order chi connectivity index (χ1) is 7.93. The molecule has 0 saturated heterocycles. The van der Waals surface area contributed by atoms with Crippen LogP contribution in [0.15, 0.2) is 18.2 Å². The molecule has 2 heteroatoms. The molecule has 17 heavy (non-hydrogen) atoms. The average molecular weight is 233 g/mol. The van der Waals surface area contributed by atoms with Gasteiger partial charge in [0.1, 0.15) is 0 Å². The zero-order valence-electron chi connectivity index (χ0n) is 11.2. The Labute approximate surface area is 102 Å². The van der Waals surface area contributed by atoms with Crippen LogP contribution in [0.4, 0.5) is 4.39 Å². The number of halogens is 1. The Hall–Kier alpha value is -1.31. The summed E-state index contributed by atoms with van der Waals surface area (Å²) in [5, 5.41) is 0.998. The van der Waals surface area contributed by atoms with E-state index in [0.29, 0.717) is 5.92 Å². The number of nitrogens with zero attached hydrogens (tertiary/aromatic N) is 1. The number of aromatic nitrogens is 1. The third kappa shape index (κ3) is 1.86. The molecule has 0 N–H and O–H groups in total. The summed E-state index contributed by atoms with van der Waals surface area (Å²) in [6.07, 6.45) is 0. The lowest BCUT2D eigenvalue weighted by atomic mass is 10.0. The van der Waals surface area contributed by atoms with Gasteiger partial charge in [0, 0.05) is 18.1 Å². The lowest BCUT2D eigenvalue weighted by Gasteiger charge is -2.10. The Morgan fingerprint density at radius 3 is 2.24 bits per heavy atom. The number of hydrogen-bond donors (Lipinski definition) is 0. The molecular weight excluding hydrogens is 213 g/mol. The maximum Gasteiger partial charge on any atom is 0.150 e. The van der Waals surface area contributed by atoms with Crippen molar-refractivity contribution in [3.63, 3.8) is 0 Å². The van der Waals surface area contributed by atoms with E-state index in [1.807, 2.05) is 37.6 Å². The average Bonchev–Trinajstić information content (AvgIpc) is 2.56. The van der Waals surface area contributed by atoms with Gasteiger partial charge in [-0.3, -0.25) is 0 Å². The van der Waals surface area contributed by atoms with Crippen LogP contribution in [0.5, 0.6) is 0 Å². The number of benzene rings is 1. The summed E-state index contributed by atoms with van der Waals surface area (Å²) < 4.78 is 16.4. The highest BCUT2D eigenvalue weighted by Gasteiger charge is 2.16. The van der Waals surface area contributed by atoms with Gasteiger partial charge in [-0.15, -0.1) is 0 Å². The summed E-state index contributed by atoms with van der Waals surface area (Å²) in [6.45, 7) is 8.32. The van der Waals surface area contributed by atoms with Crippen LogP contribution in [0.25, 0.3) is 10.9 Å². The van der Waals surface area contributed by atoms with E-state index in [2.05, 4.69) is 19.9 Å². The minimum Gasteiger partial charge on any atom is -0.345 e. The molecule has 0 saturated carbocycles. The summed E-state index contributed by atoms with van der Waals surface area (Å²) in [5.74, 6) is 0.568. The fourth-order valence-corrected chi connectivity index (χ4v) is 2.44. The maximum atomic E-state index is 14.4. The molecule has 0 spiro atoms. The molecule has 0 amide bonds. The van der Waals surface area contributed by atoms with Gasteiger partial charge >= 0.3 is 0 Å². The third-order valence-electron chi connectivity index (χ3n) is 3.42. The number of hydrogen-bond acceptors (Lipinski definition) is 0. The largest absolute Gasteiger partial charge is 0.345 e. The molecular formula is C15H20FN. The van der Waals surface area contributed by atoms with E-state index < -0.39 is 0 Å². The first kappa shape index (κ1) is 12.2. The normalized spacial score (nSPS) is 12.0. The Bertz CT molecular complexity index is 544. The van der Waals surface area contributed by atoms with Crippen LogP contribution < -0.4 is 0 Å². The summed E-state index contributed by atoms with van der Waals surface area (Å²) in [4.78, 5) is 0. The van der Waals surface area contributed by atoms with Crippen molar-refractivity contribution in [2.24, 2.45) is 7.05 Å². The lowest BCUT2D eigenvalue weighted by Crippen LogP contribution is -2.01. The quantitative estimate of drug-likeness (QED) is 0.716. The van der Waals surface area contributed by atoms with Crippen LogP contribution >= 0.6 is 0 Å². The van der Waals surface area contributed by atoms with Crippen LogP contribution in [0.3, 0.4) is 0 Å². The smallest absolute Gasteiger partial charge is 0.150 e. The van der Waals surface area contributed by atoms with Gasteiger partial charge in [-0.25, -0.2) is 4.39 Å². The van der Waals surface area contributed by atoms with Crippen LogP contribution in [0, 0.1) is 5.82 Å². The molecule has 1 aromatic carbocycles.